The smallest absolute Gasteiger partial charge is 0.332 e. The summed E-state index contributed by atoms with van der Waals surface area (Å²) in [7, 11) is 3.22. The Morgan fingerprint density at radius 2 is 1.65 bits per heavy atom. The standard InChI is InChI=1S/C24H24N4O3/c1-14-10-15(2)20(16(3)11-14)13-28-23(29)19-12-25-21(26-22(19)27(4)24(28)30)17-6-8-18(31-5)9-7-17/h6-12H,13H2,1-5H3. The summed E-state index contributed by atoms with van der Waals surface area (Å²) in [6.07, 6.45) is 1.50. The Balaban J connectivity index is 1.85. The number of aromatic nitrogens is 4. The normalized spacial score (nSPS) is 11.1. The molecule has 0 aliphatic heterocycles. The second-order valence-electron chi connectivity index (χ2n) is 7.77. The Morgan fingerprint density at radius 1 is 1.00 bits per heavy atom. The third kappa shape index (κ3) is 3.63. The molecule has 31 heavy (non-hydrogen) atoms. The number of hydrogen-bond acceptors (Lipinski definition) is 5. The zero-order valence-corrected chi connectivity index (χ0v) is 18.3. The minimum absolute atomic E-state index is 0.208. The second-order valence-corrected chi connectivity index (χ2v) is 7.77. The topological polar surface area (TPSA) is 79.0 Å². The van der Waals surface area contributed by atoms with Crippen LogP contribution in [0.2, 0.25) is 0 Å². The molecule has 0 radical (unpaired) electrons. The van der Waals surface area contributed by atoms with E-state index in [1.54, 1.807) is 14.2 Å². The molecule has 0 saturated carbocycles. The van der Waals surface area contributed by atoms with Gasteiger partial charge in [0.15, 0.2) is 11.5 Å². The van der Waals surface area contributed by atoms with E-state index in [0.717, 1.165) is 33.6 Å². The van der Waals surface area contributed by atoms with Crippen molar-refractivity contribution < 1.29 is 4.74 Å². The van der Waals surface area contributed by atoms with E-state index in [0.29, 0.717) is 16.9 Å². The van der Waals surface area contributed by atoms with Crippen molar-refractivity contribution in [3.8, 4) is 17.1 Å². The fraction of sp³-hybridized carbons (Fsp3) is 0.250. The molecule has 0 N–H and O–H groups in total. The van der Waals surface area contributed by atoms with E-state index in [9.17, 15) is 9.59 Å². The molecule has 158 valence electrons. The van der Waals surface area contributed by atoms with E-state index in [2.05, 4.69) is 22.1 Å². The minimum Gasteiger partial charge on any atom is -0.497 e. The van der Waals surface area contributed by atoms with Crippen molar-refractivity contribution in [3.05, 3.63) is 85.7 Å². The number of hydrogen-bond donors (Lipinski definition) is 0. The Morgan fingerprint density at radius 3 is 2.26 bits per heavy atom. The van der Waals surface area contributed by atoms with Crippen molar-refractivity contribution in [2.45, 2.75) is 27.3 Å². The predicted octanol–water partition coefficient (Wildman–Crippen LogP) is 3.14. The molecule has 0 aliphatic carbocycles. The quantitative estimate of drug-likeness (QED) is 0.511. The fourth-order valence-electron chi connectivity index (χ4n) is 3.92. The van der Waals surface area contributed by atoms with Crippen molar-refractivity contribution >= 4 is 11.0 Å². The molecule has 0 bridgehead atoms. The Labute approximate surface area is 179 Å². The average Bonchev–Trinajstić information content (AvgIpc) is 2.76. The van der Waals surface area contributed by atoms with Crippen LogP contribution in [-0.4, -0.2) is 26.2 Å². The highest BCUT2D eigenvalue weighted by atomic mass is 16.5. The van der Waals surface area contributed by atoms with Gasteiger partial charge in [0.25, 0.3) is 5.56 Å². The van der Waals surface area contributed by atoms with Gasteiger partial charge < -0.3 is 4.74 Å². The van der Waals surface area contributed by atoms with Gasteiger partial charge in [-0.1, -0.05) is 17.7 Å². The van der Waals surface area contributed by atoms with E-state index >= 15 is 0 Å². The number of methoxy groups -OCH3 is 1. The van der Waals surface area contributed by atoms with Crippen LogP contribution in [0.25, 0.3) is 22.4 Å². The van der Waals surface area contributed by atoms with Gasteiger partial charge in [-0.25, -0.2) is 14.8 Å². The summed E-state index contributed by atoms with van der Waals surface area (Å²) in [5.74, 6) is 1.16. The van der Waals surface area contributed by atoms with Gasteiger partial charge in [0.2, 0.25) is 0 Å². The second kappa shape index (κ2) is 7.83. The Kier molecular flexibility index (Phi) is 5.19. The third-order valence-electron chi connectivity index (χ3n) is 5.58. The number of aryl methyl sites for hydroxylation is 4. The van der Waals surface area contributed by atoms with Crippen LogP contribution in [0, 0.1) is 20.8 Å². The van der Waals surface area contributed by atoms with Crippen molar-refractivity contribution in [1.29, 1.82) is 0 Å². The highest BCUT2D eigenvalue weighted by molar-refractivity contribution is 5.75. The SMILES string of the molecule is COc1ccc(-c2ncc3c(=O)n(Cc4c(C)cc(C)cc4C)c(=O)n(C)c3n2)cc1. The summed E-state index contributed by atoms with van der Waals surface area (Å²) < 4.78 is 7.84. The predicted molar refractivity (Wildman–Crippen MR) is 121 cm³/mol. The number of nitrogens with zero attached hydrogens (tertiary/aromatic N) is 4. The van der Waals surface area contributed by atoms with E-state index in [1.807, 2.05) is 45.0 Å². The zero-order valence-electron chi connectivity index (χ0n) is 18.3. The first-order valence-electron chi connectivity index (χ1n) is 9.98. The van der Waals surface area contributed by atoms with Gasteiger partial charge in [-0.3, -0.25) is 13.9 Å². The van der Waals surface area contributed by atoms with Gasteiger partial charge in [-0.15, -0.1) is 0 Å². The Bertz CT molecular complexity index is 1390. The summed E-state index contributed by atoms with van der Waals surface area (Å²) in [6.45, 7) is 6.23. The molecule has 2 aromatic heterocycles. The van der Waals surface area contributed by atoms with Gasteiger partial charge >= 0.3 is 5.69 Å². The lowest BCUT2D eigenvalue weighted by atomic mass is 10.00. The maximum absolute atomic E-state index is 13.2. The molecule has 2 heterocycles. The van der Waals surface area contributed by atoms with Crippen LogP contribution >= 0.6 is 0 Å². The summed E-state index contributed by atoms with van der Waals surface area (Å²) >= 11 is 0. The number of fused-ring (bicyclic) bond motifs is 1. The highest BCUT2D eigenvalue weighted by Gasteiger charge is 2.16. The number of ether oxygens (including phenoxy) is 1. The monoisotopic (exact) mass is 416 g/mol. The van der Waals surface area contributed by atoms with Crippen LogP contribution in [0.1, 0.15) is 22.3 Å². The average molecular weight is 416 g/mol. The molecule has 0 atom stereocenters. The third-order valence-corrected chi connectivity index (χ3v) is 5.58. The van der Waals surface area contributed by atoms with Gasteiger partial charge in [-0.05, 0) is 61.7 Å². The summed E-state index contributed by atoms with van der Waals surface area (Å²) in [4.78, 5) is 35.2. The van der Waals surface area contributed by atoms with Crippen LogP contribution < -0.4 is 16.0 Å². The van der Waals surface area contributed by atoms with Crippen molar-refractivity contribution in [2.75, 3.05) is 7.11 Å². The molecule has 4 rings (SSSR count). The molecule has 0 aliphatic rings. The first-order chi connectivity index (χ1) is 14.8. The number of benzene rings is 2. The van der Waals surface area contributed by atoms with Gasteiger partial charge in [0.1, 0.15) is 11.1 Å². The molecule has 0 amide bonds. The van der Waals surface area contributed by atoms with Crippen LogP contribution in [-0.2, 0) is 13.6 Å². The van der Waals surface area contributed by atoms with Crippen LogP contribution in [0.3, 0.4) is 0 Å². The maximum atomic E-state index is 13.2. The molecule has 0 unspecified atom stereocenters. The van der Waals surface area contributed by atoms with Gasteiger partial charge in [0.05, 0.1) is 13.7 Å². The van der Waals surface area contributed by atoms with E-state index in [1.165, 1.54) is 15.3 Å². The molecule has 7 heteroatoms. The van der Waals surface area contributed by atoms with Gasteiger partial charge in [0, 0.05) is 18.8 Å². The van der Waals surface area contributed by atoms with Crippen LogP contribution in [0.15, 0.2) is 52.2 Å². The van der Waals surface area contributed by atoms with Crippen molar-refractivity contribution in [3.63, 3.8) is 0 Å². The molecule has 4 aromatic rings. The lowest BCUT2D eigenvalue weighted by Gasteiger charge is -2.14. The highest BCUT2D eigenvalue weighted by Crippen LogP contribution is 2.20. The van der Waals surface area contributed by atoms with Crippen LogP contribution in [0.4, 0.5) is 0 Å². The first kappa shape index (κ1) is 20.5. The summed E-state index contributed by atoms with van der Waals surface area (Å²) in [5, 5.41) is 0.307. The molecular formula is C24H24N4O3. The zero-order chi connectivity index (χ0) is 22.3. The van der Waals surface area contributed by atoms with Crippen molar-refractivity contribution in [2.24, 2.45) is 7.05 Å². The lowest BCUT2D eigenvalue weighted by molar-refractivity contribution is 0.415. The van der Waals surface area contributed by atoms with E-state index in [4.69, 9.17) is 4.74 Å². The molecule has 0 spiro atoms. The minimum atomic E-state index is -0.406. The first-order valence-corrected chi connectivity index (χ1v) is 9.98. The molecule has 2 aromatic carbocycles. The van der Waals surface area contributed by atoms with E-state index < -0.39 is 11.2 Å². The molecule has 0 fully saturated rings. The molecule has 0 saturated heterocycles. The lowest BCUT2D eigenvalue weighted by Crippen LogP contribution is -2.40. The van der Waals surface area contributed by atoms with E-state index in [-0.39, 0.29) is 6.54 Å². The van der Waals surface area contributed by atoms with Crippen molar-refractivity contribution in [1.82, 2.24) is 19.1 Å². The fourth-order valence-corrected chi connectivity index (χ4v) is 3.92. The van der Waals surface area contributed by atoms with Gasteiger partial charge in [-0.2, -0.15) is 0 Å². The summed E-state index contributed by atoms with van der Waals surface area (Å²) in [6, 6.07) is 11.4. The van der Waals surface area contributed by atoms with Crippen LogP contribution in [0.5, 0.6) is 5.75 Å². The summed E-state index contributed by atoms with van der Waals surface area (Å²) in [5.41, 5.74) is 4.51. The largest absolute Gasteiger partial charge is 0.497 e. The number of rotatable bonds is 4. The molecular weight excluding hydrogens is 392 g/mol. The maximum Gasteiger partial charge on any atom is 0.332 e. The Hall–Kier alpha value is -3.74. The molecule has 7 nitrogen and oxygen atoms in total.